The molecule has 0 aliphatic rings. The number of sulfonamides is 1. The van der Waals surface area contributed by atoms with Crippen molar-refractivity contribution in [3.05, 3.63) is 59.4 Å². The summed E-state index contributed by atoms with van der Waals surface area (Å²) in [6.07, 6.45) is 1.16. The lowest BCUT2D eigenvalue weighted by molar-refractivity contribution is -0.117. The maximum absolute atomic E-state index is 14.2. The molecule has 0 aliphatic carbocycles. The summed E-state index contributed by atoms with van der Waals surface area (Å²) in [4.78, 5) is 12.9. The van der Waals surface area contributed by atoms with Gasteiger partial charge in [0.2, 0.25) is 15.9 Å². The number of hydrogen-bond acceptors (Lipinski definition) is 3. The quantitative estimate of drug-likeness (QED) is 0.835. The third-order valence-corrected chi connectivity index (χ3v) is 5.31. The zero-order chi connectivity index (χ0) is 19.5. The third kappa shape index (κ3) is 4.22. The minimum absolute atomic E-state index is 0.140. The van der Waals surface area contributed by atoms with Gasteiger partial charge in [0.05, 0.1) is 11.9 Å². The van der Waals surface area contributed by atoms with Crippen LogP contribution in [0.3, 0.4) is 0 Å². The van der Waals surface area contributed by atoms with Gasteiger partial charge >= 0.3 is 0 Å². The molecule has 1 atom stereocenters. The molecular weight excluding hydrogens is 355 g/mol. The average molecular weight is 378 g/mol. The van der Waals surface area contributed by atoms with Crippen LogP contribution in [0.2, 0.25) is 0 Å². The number of carbonyl (C=O) groups excluding carboxylic acids is 1. The lowest BCUT2D eigenvalue weighted by Gasteiger charge is -2.30. The van der Waals surface area contributed by atoms with E-state index in [0.717, 1.165) is 21.7 Å². The Labute approximate surface area is 153 Å². The number of nitrogens with zero attached hydrogens (tertiary/aromatic N) is 1. The SMILES string of the molecule is CCC(C(=O)Nc1c(C)cccc1C)N(c1ccccc1F)S(C)(=O)=O. The van der Waals surface area contributed by atoms with Gasteiger partial charge in [0.25, 0.3) is 0 Å². The Morgan fingerprint density at radius 3 is 2.19 bits per heavy atom. The van der Waals surface area contributed by atoms with Gasteiger partial charge in [-0.2, -0.15) is 0 Å². The fourth-order valence-corrected chi connectivity index (χ4v) is 4.10. The van der Waals surface area contributed by atoms with Crippen molar-refractivity contribution in [2.75, 3.05) is 15.9 Å². The van der Waals surface area contributed by atoms with Crippen LogP contribution in [-0.4, -0.2) is 26.6 Å². The van der Waals surface area contributed by atoms with Crippen molar-refractivity contribution in [2.45, 2.75) is 33.2 Å². The highest BCUT2D eigenvalue weighted by molar-refractivity contribution is 7.92. The van der Waals surface area contributed by atoms with Crippen molar-refractivity contribution >= 4 is 27.3 Å². The van der Waals surface area contributed by atoms with E-state index in [1.807, 2.05) is 32.0 Å². The maximum Gasteiger partial charge on any atom is 0.248 e. The monoisotopic (exact) mass is 378 g/mol. The van der Waals surface area contributed by atoms with E-state index >= 15 is 0 Å². The zero-order valence-electron chi connectivity index (χ0n) is 15.3. The third-order valence-electron chi connectivity index (χ3n) is 4.15. The highest BCUT2D eigenvalue weighted by Crippen LogP contribution is 2.27. The van der Waals surface area contributed by atoms with Gasteiger partial charge < -0.3 is 5.32 Å². The van der Waals surface area contributed by atoms with Gasteiger partial charge in [0, 0.05) is 5.69 Å². The Morgan fingerprint density at radius 1 is 1.12 bits per heavy atom. The molecule has 0 bridgehead atoms. The lowest BCUT2D eigenvalue weighted by Crippen LogP contribution is -2.47. The van der Waals surface area contributed by atoms with Gasteiger partial charge in [0.15, 0.2) is 0 Å². The highest BCUT2D eigenvalue weighted by atomic mass is 32.2. The van der Waals surface area contributed by atoms with Crippen molar-refractivity contribution in [3.63, 3.8) is 0 Å². The molecule has 0 spiro atoms. The number of para-hydroxylation sites is 2. The van der Waals surface area contributed by atoms with E-state index in [0.29, 0.717) is 5.69 Å². The predicted molar refractivity (Wildman–Crippen MR) is 102 cm³/mol. The number of hydrogen-bond donors (Lipinski definition) is 1. The van der Waals surface area contributed by atoms with Crippen LogP contribution in [-0.2, 0) is 14.8 Å². The molecule has 0 fully saturated rings. The molecule has 140 valence electrons. The van der Waals surface area contributed by atoms with E-state index in [1.165, 1.54) is 24.3 Å². The molecule has 0 aromatic heterocycles. The van der Waals surface area contributed by atoms with E-state index < -0.39 is 27.8 Å². The Balaban J connectivity index is 2.46. The van der Waals surface area contributed by atoms with Crippen molar-refractivity contribution in [2.24, 2.45) is 0 Å². The molecule has 2 aromatic rings. The number of benzene rings is 2. The smallest absolute Gasteiger partial charge is 0.248 e. The Kier molecular flexibility index (Phi) is 6.02. The Bertz CT molecular complexity index is 893. The van der Waals surface area contributed by atoms with E-state index in [4.69, 9.17) is 0 Å². The molecule has 1 amide bonds. The van der Waals surface area contributed by atoms with Gasteiger partial charge in [-0.25, -0.2) is 12.8 Å². The summed E-state index contributed by atoms with van der Waals surface area (Å²) in [5, 5.41) is 2.80. The van der Waals surface area contributed by atoms with Crippen LogP contribution >= 0.6 is 0 Å². The summed E-state index contributed by atoms with van der Waals surface area (Å²) in [6.45, 7) is 5.40. The second-order valence-corrected chi connectivity index (χ2v) is 8.05. The largest absolute Gasteiger partial charge is 0.324 e. The number of rotatable bonds is 6. The van der Waals surface area contributed by atoms with E-state index in [-0.39, 0.29) is 12.1 Å². The molecule has 1 unspecified atom stereocenters. The summed E-state index contributed by atoms with van der Waals surface area (Å²) < 4.78 is 39.8. The molecular formula is C19H23FN2O3S. The molecule has 0 radical (unpaired) electrons. The van der Waals surface area contributed by atoms with Crippen LogP contribution < -0.4 is 9.62 Å². The Morgan fingerprint density at radius 2 is 1.69 bits per heavy atom. The number of carbonyl (C=O) groups is 1. The first-order chi connectivity index (χ1) is 12.2. The molecule has 2 aromatic carbocycles. The van der Waals surface area contributed by atoms with E-state index in [1.54, 1.807) is 6.92 Å². The molecule has 2 rings (SSSR count). The van der Waals surface area contributed by atoms with Crippen LogP contribution in [0, 0.1) is 19.7 Å². The molecule has 7 heteroatoms. The second kappa shape index (κ2) is 7.86. The lowest BCUT2D eigenvalue weighted by atomic mass is 10.1. The molecule has 0 heterocycles. The van der Waals surface area contributed by atoms with Gasteiger partial charge in [-0.05, 0) is 43.5 Å². The van der Waals surface area contributed by atoms with Gasteiger partial charge in [-0.1, -0.05) is 37.3 Å². The summed E-state index contributed by atoms with van der Waals surface area (Å²) in [6, 6.07) is 10.0. The van der Waals surface area contributed by atoms with Gasteiger partial charge in [0.1, 0.15) is 11.9 Å². The second-order valence-electron chi connectivity index (χ2n) is 6.19. The van der Waals surface area contributed by atoms with Crippen LogP contribution in [0.15, 0.2) is 42.5 Å². The van der Waals surface area contributed by atoms with Gasteiger partial charge in [-0.15, -0.1) is 0 Å². The molecule has 0 aliphatic heterocycles. The van der Waals surface area contributed by atoms with Crippen molar-refractivity contribution in [3.8, 4) is 0 Å². The van der Waals surface area contributed by atoms with Crippen molar-refractivity contribution in [1.82, 2.24) is 0 Å². The first-order valence-corrected chi connectivity index (χ1v) is 10.1. The highest BCUT2D eigenvalue weighted by Gasteiger charge is 2.33. The minimum atomic E-state index is -3.88. The summed E-state index contributed by atoms with van der Waals surface area (Å²) in [5.41, 5.74) is 2.23. The molecule has 5 nitrogen and oxygen atoms in total. The number of anilines is 2. The number of halogens is 1. The maximum atomic E-state index is 14.2. The Hall–Kier alpha value is -2.41. The number of aryl methyl sites for hydroxylation is 2. The first kappa shape index (κ1) is 19.9. The summed E-state index contributed by atoms with van der Waals surface area (Å²) >= 11 is 0. The first-order valence-electron chi connectivity index (χ1n) is 8.27. The topological polar surface area (TPSA) is 66.5 Å². The standard InChI is InChI=1S/C19H23FN2O3S/c1-5-16(19(23)21-18-13(2)9-8-10-14(18)3)22(26(4,24)25)17-12-7-6-11-15(17)20/h6-12,16H,5H2,1-4H3,(H,21,23). The molecule has 26 heavy (non-hydrogen) atoms. The fraction of sp³-hybridized carbons (Fsp3) is 0.316. The van der Waals surface area contributed by atoms with Crippen LogP contribution in [0.25, 0.3) is 0 Å². The van der Waals surface area contributed by atoms with Gasteiger partial charge in [-0.3, -0.25) is 9.10 Å². The molecule has 0 saturated carbocycles. The average Bonchev–Trinajstić information content (AvgIpc) is 2.56. The van der Waals surface area contributed by atoms with Crippen LogP contribution in [0.1, 0.15) is 24.5 Å². The zero-order valence-corrected chi connectivity index (χ0v) is 16.1. The van der Waals surface area contributed by atoms with Crippen molar-refractivity contribution < 1.29 is 17.6 Å². The predicted octanol–water partition coefficient (Wildman–Crippen LogP) is 3.63. The molecule has 0 saturated heterocycles. The summed E-state index contributed by atoms with van der Waals surface area (Å²) in [7, 11) is -3.88. The summed E-state index contributed by atoms with van der Waals surface area (Å²) in [5.74, 6) is -1.20. The van der Waals surface area contributed by atoms with Crippen LogP contribution in [0.4, 0.5) is 15.8 Å². The van der Waals surface area contributed by atoms with Crippen molar-refractivity contribution in [1.29, 1.82) is 0 Å². The fourth-order valence-electron chi connectivity index (χ4n) is 2.88. The normalized spacial score (nSPS) is 12.5. The number of nitrogens with one attached hydrogen (secondary N) is 1. The molecule has 1 N–H and O–H groups in total. The van der Waals surface area contributed by atoms with E-state index in [9.17, 15) is 17.6 Å². The van der Waals surface area contributed by atoms with Crippen LogP contribution in [0.5, 0.6) is 0 Å². The number of amides is 1. The van der Waals surface area contributed by atoms with E-state index in [2.05, 4.69) is 5.32 Å². The minimum Gasteiger partial charge on any atom is -0.324 e.